The third-order valence-electron chi connectivity index (χ3n) is 9.43. The molecule has 0 saturated heterocycles. The Labute approximate surface area is 277 Å². The van der Waals surface area contributed by atoms with Gasteiger partial charge < -0.3 is 9.13 Å². The van der Waals surface area contributed by atoms with Gasteiger partial charge in [-0.25, -0.2) is 0 Å². The predicted octanol–water partition coefficient (Wildman–Crippen LogP) is 11.0. The largest absolute Gasteiger partial charge is 0.308 e. The topological polar surface area (TPSA) is 57.4 Å². The zero-order valence-electron chi connectivity index (χ0n) is 25.8. The average Bonchev–Trinajstić information content (AvgIpc) is 3.68. The Kier molecular flexibility index (Phi) is 6.22. The van der Waals surface area contributed by atoms with Gasteiger partial charge in [-0.2, -0.15) is 10.5 Å². The number of fused-ring (bicyclic) bond motifs is 6. The fourth-order valence-corrected chi connectivity index (χ4v) is 7.30. The number of benzene rings is 7. The van der Waals surface area contributed by atoms with Gasteiger partial charge >= 0.3 is 0 Å². The van der Waals surface area contributed by atoms with Gasteiger partial charge in [0.1, 0.15) is 12.1 Å². The summed E-state index contributed by atoms with van der Waals surface area (Å²) in [5.74, 6) is 0. The van der Waals surface area contributed by atoms with E-state index in [0.717, 1.165) is 66.5 Å². The number of rotatable bonds is 4. The lowest BCUT2D eigenvalue weighted by molar-refractivity contribution is 1.17. The first-order chi connectivity index (χ1) is 23.7. The van der Waals surface area contributed by atoms with Crippen LogP contribution in [0.3, 0.4) is 0 Å². The molecule has 7 aromatic carbocycles. The van der Waals surface area contributed by atoms with Crippen molar-refractivity contribution in [2.24, 2.45) is 0 Å². The van der Waals surface area contributed by atoms with E-state index in [1.54, 1.807) is 0 Å². The fraction of sp³-hybridized carbons (Fsp3) is 0. The molecule has 4 nitrogen and oxygen atoms in total. The molecule has 4 heteroatoms. The maximum atomic E-state index is 10.3. The summed E-state index contributed by atoms with van der Waals surface area (Å²) in [6, 6.07) is 58.9. The van der Waals surface area contributed by atoms with E-state index in [2.05, 4.69) is 130 Å². The van der Waals surface area contributed by atoms with Crippen LogP contribution in [0, 0.1) is 22.7 Å². The summed E-state index contributed by atoms with van der Waals surface area (Å²) in [6.07, 6.45) is 0. The molecule has 0 bridgehead atoms. The fourth-order valence-electron chi connectivity index (χ4n) is 7.30. The molecule has 0 atom stereocenters. The van der Waals surface area contributed by atoms with Crippen LogP contribution in [0.15, 0.2) is 158 Å². The SMILES string of the molecule is N#Cc1cc(-c2ccc(-c3ccccc3-n3c4ccccc4c4cccc(C#N)c43)cc2)ccc1-n1c2ccccc2c2ccccc21. The molecule has 0 fully saturated rings. The molecule has 9 rings (SSSR count). The normalized spacial score (nSPS) is 11.3. The number of aromatic nitrogens is 2. The standard InChI is InChI=1S/C44H26N4/c45-27-32-10-9-15-38-37-14-4-8-19-43(37)48(44(32)38)40-16-5-1-11-34(40)30-22-20-29(21-23-30)31-24-25-39(33(26-31)28-46)47-41-17-6-2-12-35(41)36-13-3-7-18-42(36)47/h1-26H. The van der Waals surface area contributed by atoms with Crippen molar-refractivity contribution in [3.05, 3.63) is 169 Å². The van der Waals surface area contributed by atoms with Gasteiger partial charge in [0.15, 0.2) is 0 Å². The first-order valence-electron chi connectivity index (χ1n) is 15.9. The minimum atomic E-state index is 0.619. The van der Waals surface area contributed by atoms with Gasteiger partial charge in [-0.1, -0.05) is 115 Å². The summed E-state index contributed by atoms with van der Waals surface area (Å²) in [5, 5.41) is 24.9. The van der Waals surface area contributed by atoms with Crippen LogP contribution in [-0.4, -0.2) is 9.13 Å². The van der Waals surface area contributed by atoms with Crippen LogP contribution < -0.4 is 0 Å². The van der Waals surface area contributed by atoms with E-state index in [-0.39, 0.29) is 0 Å². The molecule has 2 heterocycles. The maximum absolute atomic E-state index is 10.3. The lowest BCUT2D eigenvalue weighted by atomic mass is 9.97. The summed E-state index contributed by atoms with van der Waals surface area (Å²) >= 11 is 0. The Morgan fingerprint density at radius 3 is 1.56 bits per heavy atom. The first kappa shape index (κ1) is 27.4. The van der Waals surface area contributed by atoms with Crippen molar-refractivity contribution in [2.45, 2.75) is 0 Å². The number of para-hydroxylation sites is 5. The molecule has 9 aromatic rings. The molecule has 0 aliphatic rings. The molecule has 0 amide bonds. The van der Waals surface area contributed by atoms with Gasteiger partial charge in [-0.15, -0.1) is 0 Å². The Morgan fingerprint density at radius 2 is 0.896 bits per heavy atom. The monoisotopic (exact) mass is 610 g/mol. The quantitative estimate of drug-likeness (QED) is 0.199. The van der Waals surface area contributed by atoms with Crippen molar-refractivity contribution in [3.63, 3.8) is 0 Å². The average molecular weight is 611 g/mol. The summed E-state index contributed by atoms with van der Waals surface area (Å²) < 4.78 is 4.42. The highest BCUT2D eigenvalue weighted by atomic mass is 15.0. The highest BCUT2D eigenvalue weighted by molar-refractivity contribution is 6.11. The number of nitriles is 2. The molecular formula is C44H26N4. The molecular weight excluding hydrogens is 585 g/mol. The minimum absolute atomic E-state index is 0.619. The van der Waals surface area contributed by atoms with Gasteiger partial charge in [0, 0.05) is 27.1 Å². The Bertz CT molecular complexity index is 2750. The Balaban J connectivity index is 1.15. The highest BCUT2D eigenvalue weighted by Crippen LogP contribution is 2.38. The first-order valence-corrected chi connectivity index (χ1v) is 15.9. The lowest BCUT2D eigenvalue weighted by Gasteiger charge is -2.15. The molecule has 0 radical (unpaired) electrons. The molecule has 48 heavy (non-hydrogen) atoms. The minimum Gasteiger partial charge on any atom is -0.308 e. The van der Waals surface area contributed by atoms with E-state index >= 15 is 0 Å². The van der Waals surface area contributed by atoms with Crippen LogP contribution in [0.2, 0.25) is 0 Å². The van der Waals surface area contributed by atoms with E-state index < -0.39 is 0 Å². The van der Waals surface area contributed by atoms with Crippen molar-refractivity contribution in [3.8, 4) is 45.8 Å². The highest BCUT2D eigenvalue weighted by Gasteiger charge is 2.18. The van der Waals surface area contributed by atoms with Gasteiger partial charge in [0.25, 0.3) is 0 Å². The van der Waals surface area contributed by atoms with Crippen LogP contribution in [-0.2, 0) is 0 Å². The summed E-state index contributed by atoms with van der Waals surface area (Å²) in [7, 11) is 0. The summed E-state index contributed by atoms with van der Waals surface area (Å²) in [6.45, 7) is 0. The number of hydrogen-bond donors (Lipinski definition) is 0. The van der Waals surface area contributed by atoms with E-state index in [4.69, 9.17) is 0 Å². The zero-order chi connectivity index (χ0) is 32.2. The second-order valence-corrected chi connectivity index (χ2v) is 12.0. The van der Waals surface area contributed by atoms with E-state index in [0.29, 0.717) is 11.1 Å². The molecule has 0 aliphatic carbocycles. The van der Waals surface area contributed by atoms with Crippen LogP contribution in [0.1, 0.15) is 11.1 Å². The maximum Gasteiger partial charge on any atom is 0.101 e. The third kappa shape index (κ3) is 4.07. The second kappa shape index (κ2) is 10.9. The molecule has 0 N–H and O–H groups in total. The van der Waals surface area contributed by atoms with Crippen molar-refractivity contribution in [2.75, 3.05) is 0 Å². The Morgan fingerprint density at radius 1 is 0.375 bits per heavy atom. The molecule has 0 unspecified atom stereocenters. The van der Waals surface area contributed by atoms with Gasteiger partial charge in [0.05, 0.1) is 44.6 Å². The van der Waals surface area contributed by atoms with E-state index in [1.165, 1.54) is 10.8 Å². The van der Waals surface area contributed by atoms with E-state index in [1.807, 2.05) is 48.5 Å². The lowest BCUT2D eigenvalue weighted by Crippen LogP contribution is -1.99. The van der Waals surface area contributed by atoms with Gasteiger partial charge in [0.2, 0.25) is 0 Å². The van der Waals surface area contributed by atoms with Crippen molar-refractivity contribution < 1.29 is 0 Å². The van der Waals surface area contributed by atoms with E-state index in [9.17, 15) is 10.5 Å². The molecule has 222 valence electrons. The van der Waals surface area contributed by atoms with Crippen LogP contribution in [0.25, 0.3) is 77.2 Å². The van der Waals surface area contributed by atoms with Crippen LogP contribution in [0.4, 0.5) is 0 Å². The van der Waals surface area contributed by atoms with Crippen molar-refractivity contribution in [1.82, 2.24) is 9.13 Å². The Hall–Kier alpha value is -6.88. The molecule has 0 saturated carbocycles. The predicted molar refractivity (Wildman–Crippen MR) is 195 cm³/mol. The number of nitrogens with zero attached hydrogens (tertiary/aromatic N) is 4. The van der Waals surface area contributed by atoms with Gasteiger partial charge in [-0.05, 0) is 59.2 Å². The van der Waals surface area contributed by atoms with Crippen molar-refractivity contribution in [1.29, 1.82) is 10.5 Å². The third-order valence-corrected chi connectivity index (χ3v) is 9.43. The van der Waals surface area contributed by atoms with Gasteiger partial charge in [-0.3, -0.25) is 0 Å². The van der Waals surface area contributed by atoms with Crippen LogP contribution >= 0.6 is 0 Å². The summed E-state index contributed by atoms with van der Waals surface area (Å²) in [5.41, 5.74) is 11.4. The smallest absolute Gasteiger partial charge is 0.101 e. The zero-order valence-corrected chi connectivity index (χ0v) is 25.8. The summed E-state index contributed by atoms with van der Waals surface area (Å²) in [4.78, 5) is 0. The molecule has 2 aromatic heterocycles. The van der Waals surface area contributed by atoms with Crippen LogP contribution in [0.5, 0.6) is 0 Å². The molecule has 0 aliphatic heterocycles. The number of hydrogen-bond acceptors (Lipinski definition) is 2. The second-order valence-electron chi connectivity index (χ2n) is 12.0. The van der Waals surface area contributed by atoms with Crippen molar-refractivity contribution >= 4 is 43.6 Å². The molecule has 0 spiro atoms.